The molecule has 4 N–H and O–H groups in total. The molecule has 0 radical (unpaired) electrons. The Hall–Kier alpha value is -4.46. The van der Waals surface area contributed by atoms with Crippen molar-refractivity contribution < 1.29 is 9.59 Å². The molecule has 198 valence electrons. The molecule has 1 aliphatic carbocycles. The van der Waals surface area contributed by atoms with Gasteiger partial charge in [-0.3, -0.25) is 9.59 Å². The summed E-state index contributed by atoms with van der Waals surface area (Å²) in [7, 11) is 8.08. The van der Waals surface area contributed by atoms with Crippen molar-refractivity contribution in [1.29, 1.82) is 0 Å². The van der Waals surface area contributed by atoms with Crippen LogP contribution >= 0.6 is 0 Å². The molecule has 39 heavy (non-hydrogen) atoms. The predicted molar refractivity (Wildman–Crippen MR) is 158 cm³/mol. The highest BCUT2D eigenvalue weighted by molar-refractivity contribution is 6.33. The van der Waals surface area contributed by atoms with Gasteiger partial charge in [0.1, 0.15) is 0 Å². The first-order valence-electron chi connectivity index (χ1n) is 12.9. The van der Waals surface area contributed by atoms with E-state index in [1.807, 2.05) is 70.7 Å². The second-order valence-electron chi connectivity index (χ2n) is 10.5. The first-order chi connectivity index (χ1) is 18.7. The van der Waals surface area contributed by atoms with Gasteiger partial charge in [0, 0.05) is 35.7 Å². The lowest BCUT2D eigenvalue weighted by molar-refractivity contribution is 0.0981. The normalized spacial score (nSPS) is 12.5. The predicted octanol–water partition coefficient (Wildman–Crippen LogP) is 5.65. The average Bonchev–Trinajstić information content (AvgIpc) is 2.87. The molecule has 7 nitrogen and oxygen atoms in total. The summed E-state index contributed by atoms with van der Waals surface area (Å²) >= 11 is 0. The van der Waals surface area contributed by atoms with E-state index in [0.29, 0.717) is 33.8 Å². The van der Waals surface area contributed by atoms with Gasteiger partial charge < -0.3 is 26.2 Å². The summed E-state index contributed by atoms with van der Waals surface area (Å²) in [6, 6.07) is 24.8. The highest BCUT2D eigenvalue weighted by Gasteiger charge is 2.35. The fourth-order valence-corrected chi connectivity index (χ4v) is 5.09. The number of nitrogens with one attached hydrogen (secondary N) is 2. The maximum Gasteiger partial charge on any atom is 0.198 e. The van der Waals surface area contributed by atoms with Crippen LogP contribution in [-0.2, 0) is 13.1 Å². The van der Waals surface area contributed by atoms with Gasteiger partial charge in [0.05, 0.1) is 28.1 Å². The number of nitrogen functional groups attached to an aromatic ring is 1. The fourth-order valence-electron chi connectivity index (χ4n) is 5.09. The number of carbonyl (C=O) groups excluding carboxylic acids is 2. The van der Waals surface area contributed by atoms with Crippen molar-refractivity contribution in [3.8, 4) is 0 Å². The average molecular weight is 520 g/mol. The van der Waals surface area contributed by atoms with Gasteiger partial charge in [0.25, 0.3) is 0 Å². The SMILES string of the molecule is CN(C)Cc1cccc(Nc2ccc(Nc3cccc(CN(C)C)c3)c3c2C(=O)c2cccc(N)c2C3=O)c1. The highest BCUT2D eigenvalue weighted by atomic mass is 16.1. The van der Waals surface area contributed by atoms with Crippen LogP contribution in [0.15, 0.2) is 78.9 Å². The number of fused-ring (bicyclic) bond motifs is 2. The Morgan fingerprint density at radius 3 is 1.62 bits per heavy atom. The molecule has 0 atom stereocenters. The minimum absolute atomic E-state index is 0.233. The summed E-state index contributed by atoms with van der Waals surface area (Å²) in [6.07, 6.45) is 0. The number of carbonyl (C=O) groups is 2. The van der Waals surface area contributed by atoms with E-state index in [-0.39, 0.29) is 17.1 Å². The topological polar surface area (TPSA) is 90.7 Å². The Morgan fingerprint density at radius 2 is 1.10 bits per heavy atom. The van der Waals surface area contributed by atoms with E-state index in [0.717, 1.165) is 35.6 Å². The molecule has 0 bridgehead atoms. The summed E-state index contributed by atoms with van der Waals surface area (Å²) < 4.78 is 0. The van der Waals surface area contributed by atoms with E-state index in [1.165, 1.54) is 0 Å². The van der Waals surface area contributed by atoms with Gasteiger partial charge in [-0.05, 0) is 81.8 Å². The number of benzene rings is 4. The standard InChI is InChI=1S/C32H33N5O2/c1-36(2)18-20-8-5-10-22(16-20)34-26-14-15-27(35-23-11-6-9-21(17-23)19-37(3)4)30-29(26)31(38)24-12-7-13-25(33)28(24)32(30)39/h5-17,34-35H,18-19,33H2,1-4H3. The molecule has 1 aliphatic rings. The molecule has 7 heteroatoms. The van der Waals surface area contributed by atoms with Gasteiger partial charge in [-0.15, -0.1) is 0 Å². The Kier molecular flexibility index (Phi) is 7.19. The molecule has 4 aromatic rings. The Morgan fingerprint density at radius 1 is 0.615 bits per heavy atom. The van der Waals surface area contributed by atoms with Crippen molar-refractivity contribution >= 4 is 40.0 Å². The number of hydrogen-bond acceptors (Lipinski definition) is 7. The Bertz CT molecular complexity index is 1580. The third kappa shape index (κ3) is 5.41. The molecule has 0 fully saturated rings. The molecule has 0 aliphatic heterocycles. The van der Waals surface area contributed by atoms with Crippen LogP contribution in [0.4, 0.5) is 28.4 Å². The van der Waals surface area contributed by atoms with E-state index in [9.17, 15) is 9.59 Å². The molecule has 0 saturated carbocycles. The maximum absolute atomic E-state index is 14.0. The Labute approximate surface area is 229 Å². The lowest BCUT2D eigenvalue weighted by Crippen LogP contribution is -2.24. The van der Waals surface area contributed by atoms with E-state index >= 15 is 0 Å². The molecule has 0 amide bonds. The van der Waals surface area contributed by atoms with E-state index in [4.69, 9.17) is 5.73 Å². The van der Waals surface area contributed by atoms with Crippen molar-refractivity contribution in [3.63, 3.8) is 0 Å². The molecular formula is C32H33N5O2. The van der Waals surface area contributed by atoms with Crippen molar-refractivity contribution in [2.75, 3.05) is 44.6 Å². The summed E-state index contributed by atoms with van der Waals surface area (Å²) in [6.45, 7) is 1.57. The van der Waals surface area contributed by atoms with Gasteiger partial charge in [-0.1, -0.05) is 36.4 Å². The third-order valence-corrected chi connectivity index (χ3v) is 6.64. The zero-order valence-corrected chi connectivity index (χ0v) is 22.7. The van der Waals surface area contributed by atoms with E-state index < -0.39 is 0 Å². The lowest BCUT2D eigenvalue weighted by atomic mass is 9.81. The molecular weight excluding hydrogens is 486 g/mol. The van der Waals surface area contributed by atoms with Crippen molar-refractivity contribution in [3.05, 3.63) is 112 Å². The quantitative estimate of drug-likeness (QED) is 0.228. The number of anilines is 5. The van der Waals surface area contributed by atoms with Gasteiger partial charge in [0.2, 0.25) is 0 Å². The monoisotopic (exact) mass is 519 g/mol. The van der Waals surface area contributed by atoms with Crippen LogP contribution in [0.25, 0.3) is 0 Å². The molecule has 4 aromatic carbocycles. The van der Waals surface area contributed by atoms with Crippen LogP contribution in [0, 0.1) is 0 Å². The molecule has 0 heterocycles. The van der Waals surface area contributed by atoms with Crippen LogP contribution in [0.2, 0.25) is 0 Å². The number of nitrogens with zero attached hydrogens (tertiary/aromatic N) is 2. The summed E-state index contributed by atoms with van der Waals surface area (Å²) in [4.78, 5) is 32.1. The van der Waals surface area contributed by atoms with Crippen LogP contribution in [0.3, 0.4) is 0 Å². The molecule has 0 saturated heterocycles. The first kappa shape index (κ1) is 26.2. The first-order valence-corrected chi connectivity index (χ1v) is 12.9. The number of hydrogen-bond donors (Lipinski definition) is 3. The second-order valence-corrected chi connectivity index (χ2v) is 10.5. The van der Waals surface area contributed by atoms with Gasteiger partial charge in [-0.25, -0.2) is 0 Å². The molecule has 0 unspecified atom stereocenters. The summed E-state index contributed by atoms with van der Waals surface area (Å²) in [5.74, 6) is -0.501. The largest absolute Gasteiger partial charge is 0.398 e. The molecule has 5 rings (SSSR count). The smallest absolute Gasteiger partial charge is 0.198 e. The second kappa shape index (κ2) is 10.7. The molecule has 0 aromatic heterocycles. The van der Waals surface area contributed by atoms with Crippen molar-refractivity contribution in [2.24, 2.45) is 0 Å². The maximum atomic E-state index is 14.0. The van der Waals surface area contributed by atoms with Crippen LogP contribution in [0.5, 0.6) is 0 Å². The summed E-state index contributed by atoms with van der Waals surface area (Å²) in [5.41, 5.74) is 12.8. The zero-order valence-electron chi connectivity index (χ0n) is 22.7. The number of nitrogens with two attached hydrogens (primary N) is 1. The summed E-state index contributed by atoms with van der Waals surface area (Å²) in [5, 5.41) is 6.81. The zero-order chi connectivity index (χ0) is 27.7. The van der Waals surface area contributed by atoms with E-state index in [1.54, 1.807) is 18.2 Å². The van der Waals surface area contributed by atoms with Crippen molar-refractivity contribution in [2.45, 2.75) is 13.1 Å². The van der Waals surface area contributed by atoms with Gasteiger partial charge >= 0.3 is 0 Å². The van der Waals surface area contributed by atoms with Crippen LogP contribution in [0.1, 0.15) is 43.0 Å². The lowest BCUT2D eigenvalue weighted by Gasteiger charge is -2.25. The van der Waals surface area contributed by atoms with Gasteiger partial charge in [0.15, 0.2) is 11.6 Å². The van der Waals surface area contributed by atoms with Crippen LogP contribution < -0.4 is 16.4 Å². The Balaban J connectivity index is 1.61. The fraction of sp³-hybridized carbons (Fsp3) is 0.188. The molecule has 0 spiro atoms. The van der Waals surface area contributed by atoms with Crippen LogP contribution in [-0.4, -0.2) is 49.6 Å². The minimum Gasteiger partial charge on any atom is -0.398 e. The highest BCUT2D eigenvalue weighted by Crippen LogP contribution is 2.40. The number of rotatable bonds is 8. The van der Waals surface area contributed by atoms with Gasteiger partial charge in [-0.2, -0.15) is 0 Å². The van der Waals surface area contributed by atoms with E-state index in [2.05, 4.69) is 38.6 Å². The van der Waals surface area contributed by atoms with Crippen molar-refractivity contribution in [1.82, 2.24) is 9.80 Å². The third-order valence-electron chi connectivity index (χ3n) is 6.64. The number of ketones is 2. The minimum atomic E-state index is -0.269.